The lowest BCUT2D eigenvalue weighted by Crippen LogP contribution is -2.36. The summed E-state index contributed by atoms with van der Waals surface area (Å²) >= 11 is 1.45. The first-order valence-corrected chi connectivity index (χ1v) is 13.8. The van der Waals surface area contributed by atoms with Crippen molar-refractivity contribution in [2.45, 2.75) is 19.4 Å². The minimum atomic E-state index is 0.254. The van der Waals surface area contributed by atoms with E-state index in [0.29, 0.717) is 22.8 Å². The van der Waals surface area contributed by atoms with Crippen molar-refractivity contribution in [2.24, 2.45) is 5.92 Å². The van der Waals surface area contributed by atoms with Gasteiger partial charge in [0.05, 0.1) is 19.4 Å². The molecule has 5 heterocycles. The highest BCUT2D eigenvalue weighted by Gasteiger charge is 2.21. The first kappa shape index (κ1) is 24.9. The summed E-state index contributed by atoms with van der Waals surface area (Å²) in [5.74, 6) is 3.01. The van der Waals surface area contributed by atoms with Gasteiger partial charge in [-0.2, -0.15) is 0 Å². The summed E-state index contributed by atoms with van der Waals surface area (Å²) in [6, 6.07) is 14.0. The van der Waals surface area contributed by atoms with Crippen molar-refractivity contribution in [2.75, 3.05) is 56.2 Å². The predicted molar refractivity (Wildman–Crippen MR) is 146 cm³/mol. The highest BCUT2D eigenvalue weighted by atomic mass is 32.1. The summed E-state index contributed by atoms with van der Waals surface area (Å²) < 4.78 is 11.4. The quantitative estimate of drug-likeness (QED) is 0.344. The minimum Gasteiger partial charge on any atom is -0.415 e. The van der Waals surface area contributed by atoms with Crippen LogP contribution >= 0.6 is 11.3 Å². The summed E-state index contributed by atoms with van der Waals surface area (Å²) in [4.78, 5) is 15.0. The number of aliphatic hydroxyl groups is 1. The van der Waals surface area contributed by atoms with Gasteiger partial charge >= 0.3 is 0 Å². The fourth-order valence-electron chi connectivity index (χ4n) is 4.81. The van der Waals surface area contributed by atoms with E-state index >= 15 is 0 Å². The van der Waals surface area contributed by atoms with Crippen molar-refractivity contribution < 1.29 is 14.3 Å². The molecule has 4 aromatic rings. The van der Waals surface area contributed by atoms with Crippen molar-refractivity contribution in [3.8, 4) is 22.2 Å². The molecule has 198 valence electrons. The number of piperidine rings is 1. The molecule has 6 rings (SSSR count). The zero-order chi connectivity index (χ0) is 25.7. The molecule has 2 aliphatic heterocycles. The standard InChI is InChI=1S/C27H31N7O3S/c35-18-19-6-8-34(9-7-19)24-15-20(17-33-10-12-36-13-11-33)14-23(29-24)30-27-28-16-22(38-27)26-32-31-25(37-26)21-4-2-1-3-5-21/h1-5,14-16,19,35H,6-13,17-18H2,(H,28,29,30). The van der Waals surface area contributed by atoms with Gasteiger partial charge in [0.25, 0.3) is 5.89 Å². The molecule has 2 aliphatic rings. The zero-order valence-corrected chi connectivity index (χ0v) is 21.9. The molecule has 0 amide bonds. The molecule has 2 fully saturated rings. The molecule has 0 spiro atoms. The van der Waals surface area contributed by atoms with Gasteiger partial charge in [-0.1, -0.05) is 29.5 Å². The Morgan fingerprint density at radius 3 is 2.58 bits per heavy atom. The highest BCUT2D eigenvalue weighted by molar-refractivity contribution is 7.18. The maximum absolute atomic E-state index is 9.55. The SMILES string of the molecule is OCC1CCN(c2cc(CN3CCOCC3)cc(Nc3ncc(-c4nnc(-c5ccccc5)o4)s3)n2)CC1. The second-order valence-corrected chi connectivity index (χ2v) is 10.7. The fourth-order valence-corrected chi connectivity index (χ4v) is 5.56. The van der Waals surface area contributed by atoms with E-state index in [0.717, 1.165) is 80.9 Å². The topological polar surface area (TPSA) is 113 Å². The Morgan fingerprint density at radius 2 is 1.79 bits per heavy atom. The van der Waals surface area contributed by atoms with Crippen LogP contribution in [0.15, 0.2) is 53.1 Å². The summed E-state index contributed by atoms with van der Waals surface area (Å²) in [5, 5.41) is 22.1. The van der Waals surface area contributed by atoms with Crippen molar-refractivity contribution in [3.63, 3.8) is 0 Å². The number of aromatic nitrogens is 4. The zero-order valence-electron chi connectivity index (χ0n) is 21.1. The molecule has 2 saturated heterocycles. The molecular weight excluding hydrogens is 502 g/mol. The molecule has 11 heteroatoms. The summed E-state index contributed by atoms with van der Waals surface area (Å²) in [6.07, 6.45) is 3.69. The molecule has 0 saturated carbocycles. The maximum atomic E-state index is 9.55. The van der Waals surface area contributed by atoms with E-state index < -0.39 is 0 Å². The van der Waals surface area contributed by atoms with Gasteiger partial charge in [-0.3, -0.25) is 4.90 Å². The Kier molecular flexibility index (Phi) is 7.59. The number of hydrogen-bond acceptors (Lipinski definition) is 11. The molecule has 0 aliphatic carbocycles. The third kappa shape index (κ3) is 5.86. The second kappa shape index (κ2) is 11.6. The van der Waals surface area contributed by atoms with Crippen molar-refractivity contribution in [1.82, 2.24) is 25.1 Å². The number of benzene rings is 1. The number of morpholine rings is 1. The van der Waals surface area contributed by atoms with Crippen LogP contribution in [0.2, 0.25) is 0 Å². The van der Waals surface area contributed by atoms with Crippen LogP contribution in [0.3, 0.4) is 0 Å². The third-order valence-electron chi connectivity index (χ3n) is 6.98. The van der Waals surface area contributed by atoms with Crippen LogP contribution in [0.4, 0.5) is 16.8 Å². The van der Waals surface area contributed by atoms with Gasteiger partial charge in [-0.25, -0.2) is 9.97 Å². The number of aliphatic hydroxyl groups excluding tert-OH is 1. The summed E-state index contributed by atoms with van der Waals surface area (Å²) in [7, 11) is 0. The predicted octanol–water partition coefficient (Wildman–Crippen LogP) is 4.04. The average Bonchev–Trinajstić information content (AvgIpc) is 3.64. The fraction of sp³-hybridized carbons (Fsp3) is 0.407. The van der Waals surface area contributed by atoms with E-state index in [9.17, 15) is 5.11 Å². The number of ether oxygens (including phenoxy) is 1. The Labute approximate surface area is 225 Å². The number of hydrogen-bond donors (Lipinski definition) is 2. The highest BCUT2D eigenvalue weighted by Crippen LogP contribution is 2.32. The largest absolute Gasteiger partial charge is 0.415 e. The van der Waals surface area contributed by atoms with E-state index in [1.54, 1.807) is 6.20 Å². The van der Waals surface area contributed by atoms with Crippen LogP contribution in [0.1, 0.15) is 18.4 Å². The van der Waals surface area contributed by atoms with Crippen LogP contribution in [0, 0.1) is 5.92 Å². The molecule has 3 aromatic heterocycles. The van der Waals surface area contributed by atoms with Crippen LogP contribution in [0.5, 0.6) is 0 Å². The van der Waals surface area contributed by atoms with Crippen LogP contribution in [-0.4, -0.2) is 76.2 Å². The van der Waals surface area contributed by atoms with E-state index in [1.165, 1.54) is 16.9 Å². The Bertz CT molecular complexity index is 1330. The number of pyridine rings is 1. The molecule has 1 aromatic carbocycles. The summed E-state index contributed by atoms with van der Waals surface area (Å²) in [6.45, 7) is 6.25. The lowest BCUT2D eigenvalue weighted by Gasteiger charge is -2.33. The van der Waals surface area contributed by atoms with E-state index in [-0.39, 0.29) is 6.61 Å². The van der Waals surface area contributed by atoms with Crippen molar-refractivity contribution >= 4 is 28.1 Å². The molecule has 0 bridgehead atoms. The van der Waals surface area contributed by atoms with E-state index in [4.69, 9.17) is 14.1 Å². The smallest absolute Gasteiger partial charge is 0.259 e. The molecule has 0 atom stereocenters. The second-order valence-electron chi connectivity index (χ2n) is 9.65. The van der Waals surface area contributed by atoms with Crippen LogP contribution in [0.25, 0.3) is 22.2 Å². The first-order chi connectivity index (χ1) is 18.7. The molecule has 0 unspecified atom stereocenters. The minimum absolute atomic E-state index is 0.254. The van der Waals surface area contributed by atoms with Gasteiger partial charge in [0.2, 0.25) is 5.89 Å². The number of nitrogens with zero attached hydrogens (tertiary/aromatic N) is 6. The number of rotatable bonds is 8. The van der Waals surface area contributed by atoms with Gasteiger partial charge in [-0.15, -0.1) is 10.2 Å². The molecule has 2 N–H and O–H groups in total. The van der Waals surface area contributed by atoms with E-state index in [1.807, 2.05) is 30.3 Å². The number of nitrogens with one attached hydrogen (secondary N) is 1. The van der Waals surface area contributed by atoms with Gasteiger partial charge in [0.15, 0.2) is 5.13 Å². The first-order valence-electron chi connectivity index (χ1n) is 13.0. The molecule has 0 radical (unpaired) electrons. The number of anilines is 3. The van der Waals surface area contributed by atoms with E-state index in [2.05, 4.69) is 42.4 Å². The Balaban J connectivity index is 1.21. The Morgan fingerprint density at radius 1 is 1.00 bits per heavy atom. The average molecular weight is 534 g/mol. The summed E-state index contributed by atoms with van der Waals surface area (Å²) in [5.41, 5.74) is 2.08. The molecular formula is C27H31N7O3S. The normalized spacial score (nSPS) is 17.1. The molecule has 10 nitrogen and oxygen atoms in total. The third-order valence-corrected chi connectivity index (χ3v) is 7.88. The number of thiazole rings is 1. The molecule has 38 heavy (non-hydrogen) atoms. The van der Waals surface area contributed by atoms with Gasteiger partial charge in [-0.05, 0) is 48.6 Å². The lowest BCUT2D eigenvalue weighted by molar-refractivity contribution is 0.0342. The lowest BCUT2D eigenvalue weighted by atomic mass is 9.98. The van der Waals surface area contributed by atoms with Gasteiger partial charge < -0.3 is 24.5 Å². The Hall–Kier alpha value is -3.38. The van der Waals surface area contributed by atoms with Crippen LogP contribution in [-0.2, 0) is 11.3 Å². The van der Waals surface area contributed by atoms with Crippen LogP contribution < -0.4 is 10.2 Å². The van der Waals surface area contributed by atoms with Gasteiger partial charge in [0.1, 0.15) is 16.5 Å². The van der Waals surface area contributed by atoms with Crippen molar-refractivity contribution in [1.29, 1.82) is 0 Å². The van der Waals surface area contributed by atoms with Gasteiger partial charge in [0, 0.05) is 44.9 Å². The monoisotopic (exact) mass is 533 g/mol. The maximum Gasteiger partial charge on any atom is 0.259 e. The van der Waals surface area contributed by atoms with Crippen molar-refractivity contribution in [3.05, 3.63) is 54.2 Å².